The summed E-state index contributed by atoms with van der Waals surface area (Å²) < 4.78 is 7.12. The lowest BCUT2D eigenvalue weighted by Crippen LogP contribution is -2.00. The smallest absolute Gasteiger partial charge is 0.154 e. The van der Waals surface area contributed by atoms with Gasteiger partial charge in [0.05, 0.1) is 18.6 Å². The molecule has 0 saturated carbocycles. The summed E-state index contributed by atoms with van der Waals surface area (Å²) in [5.74, 6) is 0.636. The molecule has 0 radical (unpaired) electrons. The molecule has 0 aliphatic rings. The van der Waals surface area contributed by atoms with Crippen LogP contribution in [-0.2, 0) is 6.61 Å². The molecule has 0 saturated heterocycles. The highest BCUT2D eigenvalue weighted by Crippen LogP contribution is 2.26. The highest BCUT2D eigenvalue weighted by atomic mass is 16.3. The largest absolute Gasteiger partial charge is 0.463 e. The minimum atomic E-state index is -0.180. The van der Waals surface area contributed by atoms with Crippen molar-refractivity contribution in [2.45, 2.75) is 20.5 Å². The lowest BCUT2D eigenvalue weighted by molar-refractivity contribution is 0.277. The van der Waals surface area contributed by atoms with Gasteiger partial charge in [-0.3, -0.25) is 0 Å². The van der Waals surface area contributed by atoms with Gasteiger partial charge in [0.25, 0.3) is 0 Å². The molecule has 0 aliphatic heterocycles. The van der Waals surface area contributed by atoms with Crippen molar-refractivity contribution in [1.82, 2.24) is 15.0 Å². The third-order valence-corrected chi connectivity index (χ3v) is 3.38. The Balaban J connectivity index is 2.19. The first-order valence-electron chi connectivity index (χ1n) is 6.37. The highest BCUT2D eigenvalue weighted by molar-refractivity contribution is 5.59. The molecule has 0 fully saturated rings. The average molecular weight is 269 g/mol. The standard InChI is InChI=1S/C15H15N3O2/c1-10-5-6-12(8-11(10)2)18-15(13(9-19)16-17-18)14-4-3-7-20-14/h3-8,19H,9H2,1-2H3. The molecule has 102 valence electrons. The summed E-state index contributed by atoms with van der Waals surface area (Å²) in [6.45, 7) is 3.93. The second-order valence-electron chi connectivity index (χ2n) is 4.70. The van der Waals surface area contributed by atoms with Crippen LogP contribution in [0.5, 0.6) is 0 Å². The van der Waals surface area contributed by atoms with Crippen LogP contribution in [0.4, 0.5) is 0 Å². The number of nitrogens with zero attached hydrogens (tertiary/aromatic N) is 3. The quantitative estimate of drug-likeness (QED) is 0.794. The molecule has 0 amide bonds. The Bertz CT molecular complexity index is 730. The van der Waals surface area contributed by atoms with Crippen LogP contribution in [0.15, 0.2) is 41.0 Å². The van der Waals surface area contributed by atoms with Gasteiger partial charge < -0.3 is 9.52 Å². The fraction of sp³-hybridized carbons (Fsp3) is 0.200. The van der Waals surface area contributed by atoms with Crippen molar-refractivity contribution in [3.05, 3.63) is 53.4 Å². The minimum Gasteiger partial charge on any atom is -0.463 e. The van der Waals surface area contributed by atoms with Gasteiger partial charge in [0, 0.05) is 0 Å². The number of hydrogen-bond acceptors (Lipinski definition) is 4. The zero-order valence-electron chi connectivity index (χ0n) is 11.4. The van der Waals surface area contributed by atoms with Crippen LogP contribution in [0, 0.1) is 13.8 Å². The molecule has 1 aromatic carbocycles. The Morgan fingerprint density at radius 1 is 1.20 bits per heavy atom. The van der Waals surface area contributed by atoms with Crippen LogP contribution >= 0.6 is 0 Å². The summed E-state index contributed by atoms with van der Waals surface area (Å²) in [7, 11) is 0. The molecule has 0 spiro atoms. The number of benzene rings is 1. The normalized spacial score (nSPS) is 10.9. The van der Waals surface area contributed by atoms with Crippen LogP contribution in [0.25, 0.3) is 17.1 Å². The first kappa shape index (κ1) is 12.6. The number of furan rings is 1. The molecule has 0 bridgehead atoms. The van der Waals surface area contributed by atoms with Crippen molar-refractivity contribution < 1.29 is 9.52 Å². The molecule has 0 unspecified atom stereocenters. The van der Waals surface area contributed by atoms with E-state index in [0.29, 0.717) is 17.1 Å². The summed E-state index contributed by atoms with van der Waals surface area (Å²) in [5.41, 5.74) is 4.47. The van der Waals surface area contributed by atoms with E-state index >= 15 is 0 Å². The highest BCUT2D eigenvalue weighted by Gasteiger charge is 2.18. The maximum atomic E-state index is 9.42. The second-order valence-corrected chi connectivity index (χ2v) is 4.70. The molecule has 0 atom stereocenters. The van der Waals surface area contributed by atoms with Crippen LogP contribution in [0.3, 0.4) is 0 Å². The molecule has 2 heterocycles. The van der Waals surface area contributed by atoms with Crippen molar-refractivity contribution in [3.8, 4) is 17.1 Å². The lowest BCUT2D eigenvalue weighted by Gasteiger charge is -2.08. The van der Waals surface area contributed by atoms with E-state index in [1.54, 1.807) is 17.0 Å². The van der Waals surface area contributed by atoms with Gasteiger partial charge in [0.2, 0.25) is 0 Å². The van der Waals surface area contributed by atoms with Gasteiger partial charge in [0.15, 0.2) is 5.76 Å². The summed E-state index contributed by atoms with van der Waals surface area (Å²) in [5, 5.41) is 17.6. The van der Waals surface area contributed by atoms with Crippen LogP contribution in [-0.4, -0.2) is 20.1 Å². The zero-order chi connectivity index (χ0) is 14.1. The summed E-state index contributed by atoms with van der Waals surface area (Å²) in [4.78, 5) is 0. The van der Waals surface area contributed by atoms with Gasteiger partial charge in [-0.15, -0.1) is 5.10 Å². The van der Waals surface area contributed by atoms with Crippen LogP contribution < -0.4 is 0 Å². The van der Waals surface area contributed by atoms with Crippen molar-refractivity contribution >= 4 is 0 Å². The first-order valence-corrected chi connectivity index (χ1v) is 6.37. The van der Waals surface area contributed by atoms with Crippen molar-refractivity contribution in [1.29, 1.82) is 0 Å². The molecule has 20 heavy (non-hydrogen) atoms. The minimum absolute atomic E-state index is 0.180. The third-order valence-electron chi connectivity index (χ3n) is 3.38. The fourth-order valence-electron chi connectivity index (χ4n) is 2.12. The van der Waals surface area contributed by atoms with Gasteiger partial charge >= 0.3 is 0 Å². The van der Waals surface area contributed by atoms with E-state index in [4.69, 9.17) is 4.42 Å². The topological polar surface area (TPSA) is 64.1 Å². The average Bonchev–Trinajstić information content (AvgIpc) is 3.09. The molecular formula is C15H15N3O2. The Kier molecular flexibility index (Phi) is 3.12. The Labute approximate surface area is 116 Å². The summed E-state index contributed by atoms with van der Waals surface area (Å²) in [6.07, 6.45) is 1.59. The van der Waals surface area contributed by atoms with Gasteiger partial charge in [0.1, 0.15) is 11.4 Å². The lowest BCUT2D eigenvalue weighted by atomic mass is 10.1. The molecule has 1 N–H and O–H groups in total. The van der Waals surface area contributed by atoms with E-state index in [1.165, 1.54) is 11.1 Å². The Morgan fingerprint density at radius 3 is 2.70 bits per heavy atom. The predicted octanol–water partition coefficient (Wildman–Crippen LogP) is 2.64. The third kappa shape index (κ3) is 2.02. The SMILES string of the molecule is Cc1ccc(-n2nnc(CO)c2-c2ccco2)cc1C. The molecule has 3 rings (SSSR count). The molecular weight excluding hydrogens is 254 g/mol. The number of aliphatic hydroxyl groups excluding tert-OH is 1. The van der Waals surface area contributed by atoms with Crippen molar-refractivity contribution in [3.63, 3.8) is 0 Å². The van der Waals surface area contributed by atoms with E-state index in [-0.39, 0.29) is 6.61 Å². The monoisotopic (exact) mass is 269 g/mol. The Morgan fingerprint density at radius 2 is 2.05 bits per heavy atom. The van der Waals surface area contributed by atoms with Gasteiger partial charge in [-0.1, -0.05) is 11.3 Å². The number of aryl methyl sites for hydroxylation is 2. The van der Waals surface area contributed by atoms with E-state index in [2.05, 4.69) is 24.2 Å². The number of aliphatic hydroxyl groups is 1. The molecule has 0 aliphatic carbocycles. The van der Waals surface area contributed by atoms with Crippen molar-refractivity contribution in [2.24, 2.45) is 0 Å². The Hall–Kier alpha value is -2.40. The zero-order valence-corrected chi connectivity index (χ0v) is 11.4. The summed E-state index contributed by atoms with van der Waals surface area (Å²) in [6, 6.07) is 9.68. The maximum Gasteiger partial charge on any atom is 0.154 e. The van der Waals surface area contributed by atoms with Crippen molar-refractivity contribution in [2.75, 3.05) is 0 Å². The first-order chi connectivity index (χ1) is 9.70. The second kappa shape index (κ2) is 4.94. The van der Waals surface area contributed by atoms with E-state index in [9.17, 15) is 5.11 Å². The molecule has 3 aromatic rings. The van der Waals surface area contributed by atoms with E-state index in [0.717, 1.165) is 5.69 Å². The molecule has 2 aromatic heterocycles. The van der Waals surface area contributed by atoms with Gasteiger partial charge in [-0.05, 0) is 49.2 Å². The number of hydrogen-bond donors (Lipinski definition) is 1. The summed E-state index contributed by atoms with van der Waals surface area (Å²) >= 11 is 0. The van der Waals surface area contributed by atoms with Gasteiger partial charge in [-0.2, -0.15) is 0 Å². The fourth-order valence-corrected chi connectivity index (χ4v) is 2.12. The molecule has 5 nitrogen and oxygen atoms in total. The number of rotatable bonds is 3. The van der Waals surface area contributed by atoms with E-state index < -0.39 is 0 Å². The van der Waals surface area contributed by atoms with E-state index in [1.807, 2.05) is 24.3 Å². The molecule has 5 heteroatoms. The van der Waals surface area contributed by atoms with Crippen LogP contribution in [0.1, 0.15) is 16.8 Å². The number of aromatic nitrogens is 3. The van der Waals surface area contributed by atoms with Gasteiger partial charge in [-0.25, -0.2) is 4.68 Å². The predicted molar refractivity (Wildman–Crippen MR) is 74.5 cm³/mol. The maximum absolute atomic E-state index is 9.42. The van der Waals surface area contributed by atoms with Crippen LogP contribution in [0.2, 0.25) is 0 Å².